The summed E-state index contributed by atoms with van der Waals surface area (Å²) in [6.07, 6.45) is 1.62. The molecule has 1 aliphatic heterocycles. The van der Waals surface area contributed by atoms with Crippen LogP contribution in [0.4, 0.5) is 0 Å². The Balaban J connectivity index is 2.33. The van der Waals surface area contributed by atoms with Gasteiger partial charge in [0.25, 0.3) is 0 Å². The van der Waals surface area contributed by atoms with Crippen LogP contribution < -0.4 is 0 Å². The molecule has 1 N–H and O–H groups in total. The zero-order chi connectivity index (χ0) is 12.6. The van der Waals surface area contributed by atoms with Crippen LogP contribution in [0.5, 0.6) is 0 Å². The standard InChI is InChI=1S/C10H11ClN2O3S/c1-15-9(14)4-3-5-8(6(11)7(4)12)17-10(13-5)16-2/h3,5-6,8,12H,1-2H3. The molecule has 92 valence electrons. The van der Waals surface area contributed by atoms with E-state index in [0.717, 1.165) is 0 Å². The predicted octanol–water partition coefficient (Wildman–Crippen LogP) is 1.21. The Hall–Kier alpha value is -1.01. The second-order valence-electron chi connectivity index (χ2n) is 3.56. The summed E-state index contributed by atoms with van der Waals surface area (Å²) in [5.41, 5.74) is 0.273. The summed E-state index contributed by atoms with van der Waals surface area (Å²) >= 11 is 7.55. The number of alkyl halides is 1. The van der Waals surface area contributed by atoms with E-state index in [1.807, 2.05) is 0 Å². The number of thioether (sulfide) groups is 1. The van der Waals surface area contributed by atoms with E-state index in [1.54, 1.807) is 6.08 Å². The molecule has 0 fully saturated rings. The molecule has 0 aromatic rings. The van der Waals surface area contributed by atoms with Crippen molar-refractivity contribution in [2.24, 2.45) is 4.99 Å². The largest absolute Gasteiger partial charge is 0.476 e. The smallest absolute Gasteiger partial charge is 0.339 e. The lowest BCUT2D eigenvalue weighted by Gasteiger charge is -2.26. The quantitative estimate of drug-likeness (QED) is 0.576. The van der Waals surface area contributed by atoms with E-state index in [1.165, 1.54) is 26.0 Å². The van der Waals surface area contributed by atoms with Crippen molar-refractivity contribution in [3.05, 3.63) is 11.6 Å². The minimum atomic E-state index is -0.569. The Morgan fingerprint density at radius 3 is 2.88 bits per heavy atom. The lowest BCUT2D eigenvalue weighted by Crippen LogP contribution is -2.40. The summed E-state index contributed by atoms with van der Waals surface area (Å²) in [7, 11) is 2.81. The first-order valence-electron chi connectivity index (χ1n) is 4.90. The Labute approximate surface area is 108 Å². The van der Waals surface area contributed by atoms with Crippen LogP contribution in [0.25, 0.3) is 0 Å². The first-order valence-corrected chi connectivity index (χ1v) is 6.21. The van der Waals surface area contributed by atoms with Crippen LogP contribution in [0.1, 0.15) is 0 Å². The molecule has 0 spiro atoms. The number of rotatable bonds is 1. The maximum atomic E-state index is 11.5. The van der Waals surface area contributed by atoms with Gasteiger partial charge in [-0.05, 0) is 6.08 Å². The summed E-state index contributed by atoms with van der Waals surface area (Å²) in [5.74, 6) is -0.551. The topological polar surface area (TPSA) is 71.7 Å². The number of halogens is 1. The van der Waals surface area contributed by atoms with Crippen molar-refractivity contribution < 1.29 is 14.3 Å². The first-order chi connectivity index (χ1) is 8.08. The van der Waals surface area contributed by atoms with E-state index in [-0.39, 0.29) is 22.6 Å². The van der Waals surface area contributed by atoms with Crippen LogP contribution in [0.15, 0.2) is 16.6 Å². The molecule has 3 unspecified atom stereocenters. The summed E-state index contributed by atoms with van der Waals surface area (Å²) in [6, 6.07) is -0.236. The van der Waals surface area contributed by atoms with Gasteiger partial charge in [0.15, 0.2) is 0 Å². The molecule has 17 heavy (non-hydrogen) atoms. The van der Waals surface area contributed by atoms with Gasteiger partial charge in [0, 0.05) is 0 Å². The van der Waals surface area contributed by atoms with Gasteiger partial charge in [-0.2, -0.15) is 0 Å². The fourth-order valence-electron chi connectivity index (χ4n) is 1.74. The van der Waals surface area contributed by atoms with E-state index in [9.17, 15) is 4.79 Å². The van der Waals surface area contributed by atoms with Crippen molar-refractivity contribution >= 4 is 40.3 Å². The minimum Gasteiger partial charge on any atom is -0.476 e. The molecule has 2 rings (SSSR count). The van der Waals surface area contributed by atoms with E-state index < -0.39 is 11.3 Å². The van der Waals surface area contributed by atoms with Gasteiger partial charge in [-0.25, -0.2) is 9.79 Å². The fourth-order valence-corrected chi connectivity index (χ4v) is 3.21. The summed E-state index contributed by atoms with van der Waals surface area (Å²) in [5, 5.41) is 7.72. The van der Waals surface area contributed by atoms with Gasteiger partial charge < -0.3 is 14.9 Å². The molecule has 1 aliphatic carbocycles. The number of ether oxygens (including phenoxy) is 2. The van der Waals surface area contributed by atoms with E-state index in [2.05, 4.69) is 9.73 Å². The molecule has 2 aliphatic rings. The van der Waals surface area contributed by atoms with Crippen molar-refractivity contribution in [3.63, 3.8) is 0 Å². The molecule has 0 saturated heterocycles. The Kier molecular flexibility index (Phi) is 3.44. The number of hydrogen-bond acceptors (Lipinski definition) is 6. The maximum absolute atomic E-state index is 11.5. The van der Waals surface area contributed by atoms with E-state index in [4.69, 9.17) is 21.7 Å². The fraction of sp³-hybridized carbons (Fsp3) is 0.500. The number of esters is 1. The molecule has 7 heteroatoms. The van der Waals surface area contributed by atoms with Gasteiger partial charge in [0.1, 0.15) is 0 Å². The molecule has 0 aromatic heterocycles. The Bertz CT molecular complexity index is 435. The van der Waals surface area contributed by atoms with Crippen LogP contribution in [-0.2, 0) is 14.3 Å². The molecule has 0 bridgehead atoms. The molecule has 0 radical (unpaired) electrons. The molecule has 1 heterocycles. The number of nitrogens with zero attached hydrogens (tertiary/aromatic N) is 1. The van der Waals surface area contributed by atoms with Crippen molar-refractivity contribution in [1.82, 2.24) is 0 Å². The van der Waals surface area contributed by atoms with Gasteiger partial charge in [0.05, 0.1) is 42.2 Å². The maximum Gasteiger partial charge on any atom is 0.339 e. The highest BCUT2D eigenvalue weighted by Crippen LogP contribution is 2.37. The van der Waals surface area contributed by atoms with Crippen LogP contribution >= 0.6 is 23.4 Å². The van der Waals surface area contributed by atoms with Crippen LogP contribution in [0.3, 0.4) is 0 Å². The van der Waals surface area contributed by atoms with Crippen molar-refractivity contribution in [2.45, 2.75) is 16.7 Å². The third-order valence-electron chi connectivity index (χ3n) is 2.60. The third-order valence-corrected chi connectivity index (χ3v) is 4.54. The second kappa shape index (κ2) is 4.70. The van der Waals surface area contributed by atoms with Crippen LogP contribution in [0, 0.1) is 5.41 Å². The van der Waals surface area contributed by atoms with Crippen molar-refractivity contribution in [2.75, 3.05) is 14.2 Å². The normalized spacial score (nSPS) is 31.5. The SMILES string of the molecule is COC(=O)C1=CC2N=C(OC)SC2C(Cl)C1=N. The van der Waals surface area contributed by atoms with E-state index in [0.29, 0.717) is 5.23 Å². The number of nitrogens with one attached hydrogen (secondary N) is 1. The monoisotopic (exact) mass is 274 g/mol. The third kappa shape index (κ3) is 2.07. The Morgan fingerprint density at radius 2 is 2.29 bits per heavy atom. The second-order valence-corrected chi connectivity index (χ2v) is 5.16. The average Bonchev–Trinajstić information content (AvgIpc) is 2.76. The molecular formula is C10H11ClN2O3S. The highest BCUT2D eigenvalue weighted by atomic mass is 35.5. The average molecular weight is 275 g/mol. The number of methoxy groups -OCH3 is 2. The van der Waals surface area contributed by atoms with E-state index >= 15 is 0 Å². The van der Waals surface area contributed by atoms with Crippen LogP contribution in [-0.4, -0.2) is 47.8 Å². The van der Waals surface area contributed by atoms with Gasteiger partial charge >= 0.3 is 5.97 Å². The zero-order valence-corrected chi connectivity index (χ0v) is 10.8. The molecule has 0 saturated carbocycles. The lowest BCUT2D eigenvalue weighted by molar-refractivity contribution is -0.135. The van der Waals surface area contributed by atoms with Gasteiger partial charge in [0.2, 0.25) is 5.23 Å². The molecule has 3 atom stereocenters. The number of fused-ring (bicyclic) bond motifs is 1. The number of hydrogen-bond donors (Lipinski definition) is 1. The first kappa shape index (κ1) is 12.4. The predicted molar refractivity (Wildman–Crippen MR) is 67.1 cm³/mol. The molecular weight excluding hydrogens is 264 g/mol. The number of aliphatic imine (C=N–C) groups is 1. The summed E-state index contributed by atoms with van der Waals surface area (Å²) < 4.78 is 9.66. The van der Waals surface area contributed by atoms with Crippen LogP contribution in [0.2, 0.25) is 0 Å². The van der Waals surface area contributed by atoms with Gasteiger partial charge in [-0.1, -0.05) is 11.8 Å². The van der Waals surface area contributed by atoms with Crippen molar-refractivity contribution in [1.29, 1.82) is 5.41 Å². The lowest BCUT2D eigenvalue weighted by atomic mass is 9.93. The summed E-state index contributed by atoms with van der Waals surface area (Å²) in [6.45, 7) is 0. The highest BCUT2D eigenvalue weighted by molar-refractivity contribution is 8.14. The van der Waals surface area contributed by atoms with Gasteiger partial charge in [-0.15, -0.1) is 11.6 Å². The molecule has 0 amide bonds. The van der Waals surface area contributed by atoms with Crippen molar-refractivity contribution in [3.8, 4) is 0 Å². The zero-order valence-electron chi connectivity index (χ0n) is 9.27. The van der Waals surface area contributed by atoms with Gasteiger partial charge in [-0.3, -0.25) is 0 Å². The highest BCUT2D eigenvalue weighted by Gasteiger charge is 2.43. The summed E-state index contributed by atoms with van der Waals surface area (Å²) in [4.78, 5) is 15.8. The number of carbonyl (C=O) groups excluding carboxylic acids is 1. The molecule has 5 nitrogen and oxygen atoms in total. The molecule has 0 aromatic carbocycles. The Morgan fingerprint density at radius 1 is 1.59 bits per heavy atom. The minimum absolute atomic E-state index is 0.0832. The number of carbonyl (C=O) groups is 1.